The molecule has 24 heavy (non-hydrogen) atoms. The predicted octanol–water partition coefficient (Wildman–Crippen LogP) is 3.10. The molecule has 0 aliphatic heterocycles. The van der Waals surface area contributed by atoms with Crippen LogP contribution in [-0.2, 0) is 0 Å². The Morgan fingerprint density at radius 3 is 2.67 bits per heavy atom. The third-order valence-corrected chi connectivity index (χ3v) is 3.82. The van der Waals surface area contributed by atoms with Crippen LogP contribution in [0.25, 0.3) is 11.0 Å². The number of fused-ring (bicyclic) bond motifs is 1. The molecule has 3 rings (SSSR count). The molecule has 6 heteroatoms. The Morgan fingerprint density at radius 2 is 1.92 bits per heavy atom. The fraction of sp³-hybridized carbons (Fsp3) is 0.167. The average molecular weight is 323 g/mol. The summed E-state index contributed by atoms with van der Waals surface area (Å²) in [6.45, 7) is 3.69. The monoisotopic (exact) mass is 323 g/mol. The summed E-state index contributed by atoms with van der Waals surface area (Å²) in [6, 6.07) is 8.34. The highest BCUT2D eigenvalue weighted by Gasteiger charge is 2.11. The summed E-state index contributed by atoms with van der Waals surface area (Å²) in [5.41, 5.74) is 2.92. The smallest absolute Gasteiger partial charge is 0.336 e. The van der Waals surface area contributed by atoms with Crippen molar-refractivity contribution < 1.29 is 9.21 Å². The molecule has 6 nitrogen and oxygen atoms in total. The molecule has 2 N–H and O–H groups in total. The van der Waals surface area contributed by atoms with E-state index >= 15 is 0 Å². The van der Waals surface area contributed by atoms with E-state index in [1.807, 2.05) is 19.9 Å². The molecule has 0 atom stereocenters. The van der Waals surface area contributed by atoms with Gasteiger partial charge in [0.1, 0.15) is 11.4 Å². The zero-order valence-corrected chi connectivity index (χ0v) is 13.6. The van der Waals surface area contributed by atoms with Crippen LogP contribution in [0.15, 0.2) is 45.7 Å². The van der Waals surface area contributed by atoms with Gasteiger partial charge in [0.05, 0.1) is 0 Å². The van der Waals surface area contributed by atoms with E-state index in [2.05, 4.69) is 15.6 Å². The number of aryl methyl sites for hydroxylation is 2. The number of pyridine rings is 1. The van der Waals surface area contributed by atoms with E-state index in [9.17, 15) is 9.59 Å². The summed E-state index contributed by atoms with van der Waals surface area (Å²) < 4.78 is 5.21. The number of aromatic nitrogens is 1. The summed E-state index contributed by atoms with van der Waals surface area (Å²) >= 11 is 0. The molecular formula is C18H17N3O3. The molecule has 0 unspecified atom stereocenters. The lowest BCUT2D eigenvalue weighted by Crippen LogP contribution is -2.13. The van der Waals surface area contributed by atoms with Gasteiger partial charge < -0.3 is 15.1 Å². The van der Waals surface area contributed by atoms with E-state index in [0.29, 0.717) is 22.7 Å². The number of hydrogen-bond donors (Lipinski definition) is 2. The summed E-state index contributed by atoms with van der Waals surface area (Å²) in [5.74, 6) is 0.391. The molecule has 0 spiro atoms. The van der Waals surface area contributed by atoms with E-state index in [0.717, 1.165) is 16.5 Å². The van der Waals surface area contributed by atoms with E-state index in [-0.39, 0.29) is 11.5 Å². The van der Waals surface area contributed by atoms with Gasteiger partial charge >= 0.3 is 5.63 Å². The lowest BCUT2D eigenvalue weighted by atomic mass is 10.1. The molecular weight excluding hydrogens is 306 g/mol. The first-order chi connectivity index (χ1) is 11.5. The van der Waals surface area contributed by atoms with Crippen LogP contribution in [0, 0.1) is 13.8 Å². The van der Waals surface area contributed by atoms with Crippen LogP contribution in [0.1, 0.15) is 21.5 Å². The SMILES string of the molecule is CNc1cc(C(=O)Nc2cc3c(C)cc(=O)oc3cc2C)ccn1. The van der Waals surface area contributed by atoms with Gasteiger partial charge in [0, 0.05) is 35.9 Å². The highest BCUT2D eigenvalue weighted by molar-refractivity contribution is 6.06. The Kier molecular flexibility index (Phi) is 4.04. The zero-order chi connectivity index (χ0) is 17.3. The number of amides is 1. The minimum absolute atomic E-state index is 0.230. The average Bonchev–Trinajstić information content (AvgIpc) is 2.56. The van der Waals surface area contributed by atoms with Gasteiger partial charge in [-0.3, -0.25) is 4.79 Å². The summed E-state index contributed by atoms with van der Waals surface area (Å²) in [6.07, 6.45) is 1.58. The molecule has 122 valence electrons. The van der Waals surface area contributed by atoms with Crippen molar-refractivity contribution in [1.29, 1.82) is 0 Å². The van der Waals surface area contributed by atoms with Crippen LogP contribution in [-0.4, -0.2) is 17.9 Å². The molecule has 2 heterocycles. The molecule has 0 radical (unpaired) electrons. The first-order valence-corrected chi connectivity index (χ1v) is 7.48. The number of carbonyl (C=O) groups is 1. The Hall–Kier alpha value is -3.15. The number of anilines is 2. The molecule has 0 saturated heterocycles. The Balaban J connectivity index is 1.98. The lowest BCUT2D eigenvalue weighted by molar-refractivity contribution is 0.102. The van der Waals surface area contributed by atoms with Crippen LogP contribution in [0.5, 0.6) is 0 Å². The van der Waals surface area contributed by atoms with Crippen molar-refractivity contribution in [1.82, 2.24) is 4.98 Å². The molecule has 1 amide bonds. The van der Waals surface area contributed by atoms with Crippen molar-refractivity contribution in [2.75, 3.05) is 17.7 Å². The van der Waals surface area contributed by atoms with E-state index in [4.69, 9.17) is 4.42 Å². The maximum Gasteiger partial charge on any atom is 0.336 e. The van der Waals surface area contributed by atoms with Crippen molar-refractivity contribution >= 4 is 28.4 Å². The highest BCUT2D eigenvalue weighted by atomic mass is 16.4. The second-order valence-corrected chi connectivity index (χ2v) is 5.55. The van der Waals surface area contributed by atoms with Crippen LogP contribution in [0.3, 0.4) is 0 Å². The van der Waals surface area contributed by atoms with E-state index in [1.165, 1.54) is 6.07 Å². The molecule has 0 bridgehead atoms. The van der Waals surface area contributed by atoms with Crippen molar-refractivity contribution in [2.24, 2.45) is 0 Å². The first-order valence-electron chi connectivity index (χ1n) is 7.48. The third-order valence-electron chi connectivity index (χ3n) is 3.82. The van der Waals surface area contributed by atoms with Gasteiger partial charge in [0.15, 0.2) is 0 Å². The van der Waals surface area contributed by atoms with Crippen LogP contribution in [0.2, 0.25) is 0 Å². The summed E-state index contributed by atoms with van der Waals surface area (Å²) in [5, 5.41) is 6.59. The van der Waals surface area contributed by atoms with Gasteiger partial charge in [0.25, 0.3) is 5.91 Å². The molecule has 2 aromatic heterocycles. The topological polar surface area (TPSA) is 84.2 Å². The molecule has 1 aromatic carbocycles. The second-order valence-electron chi connectivity index (χ2n) is 5.55. The van der Waals surface area contributed by atoms with Gasteiger partial charge in [-0.2, -0.15) is 0 Å². The quantitative estimate of drug-likeness (QED) is 0.724. The van der Waals surface area contributed by atoms with Crippen LogP contribution >= 0.6 is 0 Å². The van der Waals surface area contributed by atoms with E-state index in [1.54, 1.807) is 31.4 Å². The van der Waals surface area contributed by atoms with Gasteiger partial charge in [-0.05, 0) is 49.2 Å². The Labute approximate surface area is 138 Å². The summed E-state index contributed by atoms with van der Waals surface area (Å²) in [7, 11) is 1.74. The highest BCUT2D eigenvalue weighted by Crippen LogP contribution is 2.25. The first kappa shape index (κ1) is 15.7. The van der Waals surface area contributed by atoms with Crippen LogP contribution in [0.4, 0.5) is 11.5 Å². The second kappa shape index (κ2) is 6.16. The number of hydrogen-bond acceptors (Lipinski definition) is 5. The largest absolute Gasteiger partial charge is 0.423 e. The molecule has 0 fully saturated rings. The molecule has 0 aliphatic rings. The molecule has 0 aliphatic carbocycles. The Bertz CT molecular complexity index is 992. The number of nitrogens with zero attached hydrogens (tertiary/aromatic N) is 1. The van der Waals surface area contributed by atoms with Crippen molar-refractivity contribution in [3.63, 3.8) is 0 Å². The number of benzene rings is 1. The van der Waals surface area contributed by atoms with Crippen molar-refractivity contribution in [2.45, 2.75) is 13.8 Å². The Morgan fingerprint density at radius 1 is 1.12 bits per heavy atom. The minimum Gasteiger partial charge on any atom is -0.423 e. The standard InChI is InChI=1S/C18H17N3O3/c1-10-7-17(22)24-15-6-11(2)14(9-13(10)15)21-18(23)12-4-5-20-16(8-12)19-3/h4-9H,1-3H3,(H,19,20)(H,21,23). The van der Waals surface area contributed by atoms with Gasteiger partial charge in [0.2, 0.25) is 0 Å². The lowest BCUT2D eigenvalue weighted by Gasteiger charge is -2.11. The van der Waals surface area contributed by atoms with Crippen molar-refractivity contribution in [3.8, 4) is 0 Å². The third kappa shape index (κ3) is 2.99. The maximum absolute atomic E-state index is 12.5. The molecule has 0 saturated carbocycles. The number of nitrogens with one attached hydrogen (secondary N) is 2. The normalized spacial score (nSPS) is 10.6. The van der Waals surface area contributed by atoms with Crippen molar-refractivity contribution in [3.05, 3.63) is 63.6 Å². The van der Waals surface area contributed by atoms with Gasteiger partial charge in [-0.25, -0.2) is 9.78 Å². The maximum atomic E-state index is 12.5. The fourth-order valence-electron chi connectivity index (χ4n) is 2.50. The van der Waals surface area contributed by atoms with Gasteiger partial charge in [-0.1, -0.05) is 0 Å². The molecule has 3 aromatic rings. The van der Waals surface area contributed by atoms with Crippen LogP contribution < -0.4 is 16.3 Å². The number of rotatable bonds is 3. The fourth-order valence-corrected chi connectivity index (χ4v) is 2.50. The number of carbonyl (C=O) groups excluding carboxylic acids is 1. The minimum atomic E-state index is -0.382. The predicted molar refractivity (Wildman–Crippen MR) is 93.7 cm³/mol. The van der Waals surface area contributed by atoms with E-state index < -0.39 is 0 Å². The zero-order valence-electron chi connectivity index (χ0n) is 13.6. The summed E-state index contributed by atoms with van der Waals surface area (Å²) in [4.78, 5) is 28.0. The van der Waals surface area contributed by atoms with Gasteiger partial charge in [-0.15, -0.1) is 0 Å².